The van der Waals surface area contributed by atoms with Crippen LogP contribution < -0.4 is 0 Å². The molecule has 0 saturated carbocycles. The van der Waals surface area contributed by atoms with E-state index in [1.807, 2.05) is 135 Å². The van der Waals surface area contributed by atoms with E-state index in [0.717, 1.165) is 55.2 Å². The van der Waals surface area contributed by atoms with E-state index in [9.17, 15) is 0 Å². The van der Waals surface area contributed by atoms with Crippen molar-refractivity contribution in [2.24, 2.45) is 0 Å². The van der Waals surface area contributed by atoms with Crippen molar-refractivity contribution in [3.63, 3.8) is 0 Å². The molecular weight excluding hydrogens is 764 g/mol. The van der Waals surface area contributed by atoms with Crippen LogP contribution in [0.4, 0.5) is 13.2 Å². The second-order valence-corrected chi connectivity index (χ2v) is 15.2. The molecule has 0 unspecified atom stereocenters. The number of halogens is 3. The summed E-state index contributed by atoms with van der Waals surface area (Å²) in [5.41, 5.74) is 8.74. The first-order valence-electron chi connectivity index (χ1n) is 20.0. The van der Waals surface area contributed by atoms with Crippen LogP contribution in [-0.4, -0.2) is 24.5 Å². The third-order valence-electron chi connectivity index (χ3n) is 10.9. The van der Waals surface area contributed by atoms with E-state index in [1.54, 1.807) is 12.1 Å². The summed E-state index contributed by atoms with van der Waals surface area (Å²) < 4.78 is 48.8. The number of benzene rings is 7. The summed E-state index contributed by atoms with van der Waals surface area (Å²) in [7, 11) is 0. The van der Waals surface area contributed by atoms with Crippen molar-refractivity contribution in [1.29, 1.82) is 0 Å². The molecule has 0 N–H and O–H groups in total. The van der Waals surface area contributed by atoms with Gasteiger partial charge in [-0.3, -0.25) is 0 Å². The molecule has 61 heavy (non-hydrogen) atoms. The van der Waals surface area contributed by atoms with Gasteiger partial charge in [0, 0.05) is 44.2 Å². The fraction of sp³-hybridized carbons (Fsp3) is 0.0566. The topological polar surface area (TPSA) is 56.5 Å². The quantitative estimate of drug-likeness (QED) is 0.161. The molecule has 0 aliphatic heterocycles. The van der Waals surface area contributed by atoms with Gasteiger partial charge in [0.25, 0.3) is 0 Å². The van der Waals surface area contributed by atoms with Crippen molar-refractivity contribution in [2.45, 2.75) is 20.0 Å². The zero-order chi connectivity index (χ0) is 41.7. The maximum Gasteiger partial charge on any atom is 0.416 e. The maximum atomic E-state index is 15.6. The highest BCUT2D eigenvalue weighted by Gasteiger charge is 2.34. The molecule has 5 nitrogen and oxygen atoms in total. The zero-order valence-corrected chi connectivity index (χ0v) is 33.2. The molecule has 10 aromatic rings. The van der Waals surface area contributed by atoms with Crippen LogP contribution in [0.3, 0.4) is 0 Å². The molecule has 0 aliphatic carbocycles. The van der Waals surface area contributed by atoms with Crippen LogP contribution in [-0.2, 0) is 6.18 Å². The lowest BCUT2D eigenvalue weighted by Gasteiger charge is -2.22. The predicted octanol–water partition coefficient (Wildman–Crippen LogP) is 14.0. The average Bonchev–Trinajstić information content (AvgIpc) is 3.60. The average molecular weight is 800 g/mol. The summed E-state index contributed by atoms with van der Waals surface area (Å²) in [6.45, 7) is 4.04. The number of fused-ring (bicyclic) bond motifs is 3. The molecular formula is C53H36F3N5. The van der Waals surface area contributed by atoms with Gasteiger partial charge in [-0.05, 0) is 61.4 Å². The smallest absolute Gasteiger partial charge is 0.308 e. The van der Waals surface area contributed by atoms with Gasteiger partial charge in [-0.15, -0.1) is 0 Å². The van der Waals surface area contributed by atoms with Gasteiger partial charge in [0.05, 0.1) is 45.1 Å². The molecule has 3 heterocycles. The Hall–Kier alpha value is -7.71. The van der Waals surface area contributed by atoms with E-state index in [-0.39, 0.29) is 11.1 Å². The molecule has 0 spiro atoms. The Morgan fingerprint density at radius 3 is 1.13 bits per heavy atom. The van der Waals surface area contributed by atoms with Gasteiger partial charge in [-0.2, -0.15) is 13.2 Å². The SMILES string of the molecule is Cc1ccc2c3ccc(C)cc3n(-c3c(-c4cc(-c5ccccc5)nc(-c5ccccc5)n4)cc(C(F)(F)F)cc3-c3cc(-c4ccccc4)nc(-c4ccccc4)n3)c2c1. The Kier molecular flexibility index (Phi) is 9.33. The standard InChI is InChI=1S/C53H36F3N5/c1-33-23-25-40-41-26-24-34(2)28-49(41)61(48(40)27-33)50-42(46-31-44(35-15-7-3-8-16-35)57-51(59-46)37-19-11-5-12-20-37)29-39(53(54,55)56)30-43(50)47-32-45(36-17-9-4-10-18-36)58-52(60-47)38-21-13-6-14-22-38/h3-32H,1-2H3. The van der Waals surface area contributed by atoms with Gasteiger partial charge in [-0.1, -0.05) is 146 Å². The Labute approximate surface area is 350 Å². The van der Waals surface area contributed by atoms with Gasteiger partial charge in [0.15, 0.2) is 11.6 Å². The van der Waals surface area contributed by atoms with Crippen molar-refractivity contribution in [1.82, 2.24) is 24.5 Å². The lowest BCUT2D eigenvalue weighted by molar-refractivity contribution is -0.137. The molecule has 294 valence electrons. The Balaban J connectivity index is 1.40. The third-order valence-corrected chi connectivity index (χ3v) is 10.9. The second kappa shape index (κ2) is 15.1. The molecule has 0 radical (unpaired) electrons. The fourth-order valence-electron chi connectivity index (χ4n) is 8.03. The number of rotatable bonds is 7. The van der Waals surface area contributed by atoms with Crippen LogP contribution in [0.2, 0.25) is 0 Å². The predicted molar refractivity (Wildman–Crippen MR) is 239 cm³/mol. The fourth-order valence-corrected chi connectivity index (χ4v) is 8.03. The minimum Gasteiger partial charge on any atom is -0.308 e. The highest BCUT2D eigenvalue weighted by atomic mass is 19.4. The van der Waals surface area contributed by atoms with Crippen LogP contribution in [0.25, 0.3) is 95.3 Å². The minimum absolute atomic E-state index is 0.268. The first kappa shape index (κ1) is 37.6. The number of alkyl halides is 3. The first-order valence-corrected chi connectivity index (χ1v) is 20.0. The van der Waals surface area contributed by atoms with Gasteiger partial charge < -0.3 is 4.57 Å². The summed E-state index contributed by atoms with van der Waals surface area (Å²) in [6.07, 6.45) is -4.73. The molecule has 10 rings (SSSR count). The highest BCUT2D eigenvalue weighted by molar-refractivity contribution is 6.11. The minimum atomic E-state index is -4.73. The van der Waals surface area contributed by atoms with Crippen molar-refractivity contribution >= 4 is 21.8 Å². The number of aromatic nitrogens is 5. The van der Waals surface area contributed by atoms with Crippen molar-refractivity contribution in [3.8, 4) is 73.5 Å². The molecule has 3 aromatic heterocycles. The second-order valence-electron chi connectivity index (χ2n) is 15.2. The lowest BCUT2D eigenvalue weighted by Crippen LogP contribution is -2.10. The van der Waals surface area contributed by atoms with Crippen LogP contribution in [0.15, 0.2) is 182 Å². The Bertz CT molecular complexity index is 2910. The van der Waals surface area contributed by atoms with Crippen molar-refractivity contribution in [3.05, 3.63) is 199 Å². The largest absolute Gasteiger partial charge is 0.416 e. The van der Waals surface area contributed by atoms with Crippen LogP contribution in [0.1, 0.15) is 16.7 Å². The molecule has 0 aliphatic rings. The number of aryl methyl sites for hydroxylation is 2. The van der Waals surface area contributed by atoms with E-state index >= 15 is 13.2 Å². The number of hydrogen-bond acceptors (Lipinski definition) is 4. The molecule has 0 amide bonds. The first-order chi connectivity index (χ1) is 29.7. The molecule has 0 saturated heterocycles. The Morgan fingerprint density at radius 2 is 0.754 bits per heavy atom. The highest BCUT2D eigenvalue weighted by Crippen LogP contribution is 2.46. The molecule has 0 fully saturated rings. The number of hydrogen-bond donors (Lipinski definition) is 0. The van der Waals surface area contributed by atoms with Gasteiger partial charge in [-0.25, -0.2) is 19.9 Å². The maximum absolute atomic E-state index is 15.6. The lowest BCUT2D eigenvalue weighted by atomic mass is 9.95. The van der Waals surface area contributed by atoms with E-state index in [2.05, 4.69) is 41.0 Å². The van der Waals surface area contributed by atoms with E-state index in [0.29, 0.717) is 40.1 Å². The summed E-state index contributed by atoms with van der Waals surface area (Å²) in [5, 5.41) is 1.93. The van der Waals surface area contributed by atoms with Crippen LogP contribution in [0.5, 0.6) is 0 Å². The third kappa shape index (κ3) is 7.12. The van der Waals surface area contributed by atoms with Crippen LogP contribution >= 0.6 is 0 Å². The summed E-state index contributed by atoms with van der Waals surface area (Å²) in [6, 6.07) is 56.8. The molecule has 8 heteroatoms. The summed E-state index contributed by atoms with van der Waals surface area (Å²) in [4.78, 5) is 20.3. The molecule has 0 bridgehead atoms. The zero-order valence-electron chi connectivity index (χ0n) is 33.2. The van der Waals surface area contributed by atoms with Crippen molar-refractivity contribution < 1.29 is 13.2 Å². The Morgan fingerprint density at radius 1 is 0.393 bits per heavy atom. The van der Waals surface area contributed by atoms with E-state index < -0.39 is 11.7 Å². The normalized spacial score (nSPS) is 11.7. The van der Waals surface area contributed by atoms with Crippen molar-refractivity contribution in [2.75, 3.05) is 0 Å². The molecule has 7 aromatic carbocycles. The summed E-state index contributed by atoms with van der Waals surface area (Å²) >= 11 is 0. The number of nitrogens with zero attached hydrogens (tertiary/aromatic N) is 5. The summed E-state index contributed by atoms with van der Waals surface area (Å²) in [5.74, 6) is 0.770. The molecule has 0 atom stereocenters. The van der Waals surface area contributed by atoms with E-state index in [4.69, 9.17) is 19.9 Å². The monoisotopic (exact) mass is 799 g/mol. The van der Waals surface area contributed by atoms with Gasteiger partial charge >= 0.3 is 6.18 Å². The van der Waals surface area contributed by atoms with Gasteiger partial charge in [0.1, 0.15) is 0 Å². The van der Waals surface area contributed by atoms with Crippen LogP contribution in [0, 0.1) is 13.8 Å². The van der Waals surface area contributed by atoms with Gasteiger partial charge in [0.2, 0.25) is 0 Å². The van der Waals surface area contributed by atoms with E-state index in [1.165, 1.54) is 12.1 Å².